The second kappa shape index (κ2) is 6.92. The number of nitrogens with one attached hydrogen (secondary N) is 1. The zero-order valence-electron chi connectivity index (χ0n) is 8.63. The lowest BCUT2D eigenvalue weighted by atomic mass is 10.2. The van der Waals surface area contributed by atoms with Crippen LogP contribution in [0.5, 0.6) is 0 Å². The molecule has 0 bridgehead atoms. The van der Waals surface area contributed by atoms with Crippen molar-refractivity contribution in [2.45, 2.75) is 12.7 Å². The molecule has 0 heterocycles. The molecule has 0 radical (unpaired) electrons. The summed E-state index contributed by atoms with van der Waals surface area (Å²) in [6.07, 6.45) is -1.39. The molecule has 4 nitrogen and oxygen atoms in total. The SMILES string of the molecule is O=C(NCC(O)C=S)OCc1ccccc1. The Morgan fingerprint density at radius 3 is 2.81 bits per heavy atom. The molecule has 2 N–H and O–H groups in total. The smallest absolute Gasteiger partial charge is 0.407 e. The molecular weight excluding hydrogens is 226 g/mol. The van der Waals surface area contributed by atoms with Crippen molar-refractivity contribution in [3.05, 3.63) is 35.9 Å². The summed E-state index contributed by atoms with van der Waals surface area (Å²) in [7, 11) is 0. The molecule has 0 aliphatic rings. The largest absolute Gasteiger partial charge is 0.445 e. The molecule has 0 spiro atoms. The number of alkyl carbamates (subject to hydrolysis) is 1. The van der Waals surface area contributed by atoms with E-state index >= 15 is 0 Å². The van der Waals surface area contributed by atoms with Crippen LogP contribution in [0.4, 0.5) is 4.79 Å². The Labute approximate surface area is 99.2 Å². The van der Waals surface area contributed by atoms with Gasteiger partial charge in [-0.2, -0.15) is 0 Å². The van der Waals surface area contributed by atoms with Gasteiger partial charge in [0.2, 0.25) is 0 Å². The lowest BCUT2D eigenvalue weighted by Crippen LogP contribution is -2.32. The lowest BCUT2D eigenvalue weighted by Gasteiger charge is -2.08. The first-order chi connectivity index (χ1) is 7.72. The van der Waals surface area contributed by atoms with Gasteiger partial charge in [-0.25, -0.2) is 4.79 Å². The predicted molar refractivity (Wildman–Crippen MR) is 64.3 cm³/mol. The summed E-state index contributed by atoms with van der Waals surface area (Å²) in [4.78, 5) is 11.1. The summed E-state index contributed by atoms with van der Waals surface area (Å²) in [5, 5.41) is 12.6. The van der Waals surface area contributed by atoms with Crippen molar-refractivity contribution in [2.75, 3.05) is 6.54 Å². The van der Waals surface area contributed by atoms with Crippen LogP contribution >= 0.6 is 12.2 Å². The maximum absolute atomic E-state index is 11.1. The van der Waals surface area contributed by atoms with Crippen LogP contribution in [0.15, 0.2) is 30.3 Å². The van der Waals surface area contributed by atoms with E-state index in [1.54, 1.807) is 0 Å². The fraction of sp³-hybridized carbons (Fsp3) is 0.273. The first-order valence-corrected chi connectivity index (χ1v) is 5.27. The molecule has 0 saturated carbocycles. The molecule has 5 heteroatoms. The first kappa shape index (κ1) is 12.6. The van der Waals surface area contributed by atoms with Gasteiger partial charge in [0.1, 0.15) is 6.61 Å². The molecule has 1 atom stereocenters. The highest BCUT2D eigenvalue weighted by Crippen LogP contribution is 2.00. The van der Waals surface area contributed by atoms with Crippen LogP contribution < -0.4 is 5.32 Å². The molecule has 1 unspecified atom stereocenters. The lowest BCUT2D eigenvalue weighted by molar-refractivity contribution is 0.134. The Morgan fingerprint density at radius 1 is 1.50 bits per heavy atom. The van der Waals surface area contributed by atoms with Crippen LogP contribution in [-0.4, -0.2) is 29.2 Å². The maximum atomic E-state index is 11.1. The van der Waals surface area contributed by atoms with E-state index < -0.39 is 12.2 Å². The molecule has 1 rings (SSSR count). The monoisotopic (exact) mass is 239 g/mol. The van der Waals surface area contributed by atoms with Gasteiger partial charge in [0.15, 0.2) is 0 Å². The fourth-order valence-electron chi connectivity index (χ4n) is 1.01. The molecule has 16 heavy (non-hydrogen) atoms. The van der Waals surface area contributed by atoms with Gasteiger partial charge in [-0.3, -0.25) is 0 Å². The van der Waals surface area contributed by atoms with Gasteiger partial charge in [-0.15, -0.1) is 0 Å². The van der Waals surface area contributed by atoms with Crippen molar-refractivity contribution in [1.29, 1.82) is 0 Å². The molecule has 0 saturated heterocycles. The summed E-state index contributed by atoms with van der Waals surface area (Å²) >= 11 is 4.50. The van der Waals surface area contributed by atoms with E-state index in [4.69, 9.17) is 9.84 Å². The number of carbonyl (C=O) groups excluding carboxylic acids is 1. The average Bonchev–Trinajstić information content (AvgIpc) is 2.34. The van der Waals surface area contributed by atoms with Crippen LogP contribution in [0, 0.1) is 0 Å². The summed E-state index contributed by atoms with van der Waals surface area (Å²) in [5.74, 6) is 0. The van der Waals surface area contributed by atoms with E-state index in [1.165, 1.54) is 5.37 Å². The van der Waals surface area contributed by atoms with Gasteiger partial charge in [-0.1, -0.05) is 42.5 Å². The highest BCUT2D eigenvalue weighted by Gasteiger charge is 2.04. The Bertz CT molecular complexity index is 342. The van der Waals surface area contributed by atoms with E-state index in [2.05, 4.69) is 17.5 Å². The minimum absolute atomic E-state index is 0.0666. The van der Waals surface area contributed by atoms with Crippen LogP contribution in [0.25, 0.3) is 0 Å². The topological polar surface area (TPSA) is 58.6 Å². The third-order valence-corrected chi connectivity index (χ3v) is 2.14. The molecule has 0 aliphatic carbocycles. The predicted octanol–water partition coefficient (Wildman–Crippen LogP) is 1.27. The summed E-state index contributed by atoms with van der Waals surface area (Å²) in [6.45, 7) is 0.275. The van der Waals surface area contributed by atoms with Gasteiger partial charge in [0, 0.05) is 5.37 Å². The number of hydrogen-bond donors (Lipinski definition) is 2. The molecule has 0 fully saturated rings. The van der Waals surface area contributed by atoms with Crippen molar-refractivity contribution in [1.82, 2.24) is 5.32 Å². The van der Waals surface area contributed by atoms with Gasteiger partial charge in [-0.05, 0) is 5.56 Å². The zero-order valence-corrected chi connectivity index (χ0v) is 9.44. The van der Waals surface area contributed by atoms with Crippen molar-refractivity contribution >= 4 is 23.7 Å². The van der Waals surface area contributed by atoms with Gasteiger partial charge < -0.3 is 15.2 Å². The minimum Gasteiger partial charge on any atom is -0.445 e. The Morgan fingerprint density at radius 2 is 2.19 bits per heavy atom. The number of aliphatic hydroxyl groups excluding tert-OH is 1. The van der Waals surface area contributed by atoms with Gasteiger partial charge in [0.05, 0.1) is 12.6 Å². The molecule has 1 aromatic carbocycles. The number of aliphatic hydroxyl groups is 1. The normalized spacial score (nSPS) is 11.6. The Kier molecular flexibility index (Phi) is 5.45. The minimum atomic E-state index is -0.820. The maximum Gasteiger partial charge on any atom is 0.407 e. The molecule has 1 amide bonds. The summed E-state index contributed by atoms with van der Waals surface area (Å²) in [5.41, 5.74) is 0.910. The number of ether oxygens (including phenoxy) is 1. The zero-order chi connectivity index (χ0) is 11.8. The van der Waals surface area contributed by atoms with E-state index in [0.717, 1.165) is 5.56 Å². The first-order valence-electron chi connectivity index (χ1n) is 4.80. The number of carbonyl (C=O) groups is 1. The number of hydrogen-bond acceptors (Lipinski definition) is 4. The molecule has 0 aliphatic heterocycles. The van der Waals surface area contributed by atoms with E-state index in [9.17, 15) is 4.79 Å². The number of rotatable bonds is 5. The second-order valence-electron chi connectivity index (χ2n) is 3.15. The van der Waals surface area contributed by atoms with Crippen molar-refractivity contribution in [3.8, 4) is 0 Å². The summed E-state index contributed by atoms with van der Waals surface area (Å²) < 4.78 is 4.91. The van der Waals surface area contributed by atoms with Crippen LogP contribution in [0.2, 0.25) is 0 Å². The van der Waals surface area contributed by atoms with Crippen LogP contribution in [0.1, 0.15) is 5.56 Å². The van der Waals surface area contributed by atoms with Crippen molar-refractivity contribution in [2.24, 2.45) is 0 Å². The third kappa shape index (κ3) is 4.86. The third-order valence-electron chi connectivity index (χ3n) is 1.83. The summed E-state index contributed by atoms with van der Waals surface area (Å²) in [6, 6.07) is 9.34. The molecule has 0 aromatic heterocycles. The number of amides is 1. The standard InChI is InChI=1S/C11H13NO3S/c13-10(8-16)6-12-11(14)15-7-9-4-2-1-3-5-9/h1-5,8,10,13H,6-7H2,(H,12,14). The van der Waals surface area contributed by atoms with Crippen molar-refractivity contribution in [3.63, 3.8) is 0 Å². The Balaban J connectivity index is 2.23. The van der Waals surface area contributed by atoms with Gasteiger partial charge >= 0.3 is 6.09 Å². The molecular formula is C11H13NO3S. The highest BCUT2D eigenvalue weighted by atomic mass is 32.1. The van der Waals surface area contributed by atoms with E-state index in [1.807, 2.05) is 30.3 Å². The van der Waals surface area contributed by atoms with Gasteiger partial charge in [0.25, 0.3) is 0 Å². The highest BCUT2D eigenvalue weighted by molar-refractivity contribution is 7.79. The quantitative estimate of drug-likeness (QED) is 0.760. The van der Waals surface area contributed by atoms with E-state index in [-0.39, 0.29) is 13.2 Å². The van der Waals surface area contributed by atoms with Crippen LogP contribution in [-0.2, 0) is 11.3 Å². The van der Waals surface area contributed by atoms with Crippen molar-refractivity contribution < 1.29 is 14.6 Å². The Hall–Kier alpha value is -1.46. The number of benzene rings is 1. The average molecular weight is 239 g/mol. The van der Waals surface area contributed by atoms with Crippen LogP contribution in [0.3, 0.4) is 0 Å². The second-order valence-corrected chi connectivity index (χ2v) is 3.42. The fourth-order valence-corrected chi connectivity index (χ4v) is 1.11. The van der Waals surface area contributed by atoms with E-state index in [0.29, 0.717) is 0 Å². The molecule has 86 valence electrons. The number of thiocarbonyl (C=S) groups is 1. The molecule has 1 aromatic rings.